The van der Waals surface area contributed by atoms with Gasteiger partial charge in [-0.25, -0.2) is 0 Å². The fourth-order valence-electron chi connectivity index (χ4n) is 3.03. The summed E-state index contributed by atoms with van der Waals surface area (Å²) in [7, 11) is -3.45. The van der Waals surface area contributed by atoms with Gasteiger partial charge in [0.1, 0.15) is 11.9 Å². The monoisotopic (exact) mass is 399 g/mol. The highest BCUT2D eigenvalue weighted by Gasteiger charge is 2.51. The molecule has 0 heterocycles. The summed E-state index contributed by atoms with van der Waals surface area (Å²) in [4.78, 5) is 6.43. The van der Waals surface area contributed by atoms with Gasteiger partial charge in [-0.1, -0.05) is 51.1 Å². The van der Waals surface area contributed by atoms with E-state index in [9.17, 15) is 4.57 Å². The van der Waals surface area contributed by atoms with Crippen LogP contribution in [0.4, 0.5) is 0 Å². The minimum absolute atomic E-state index is 0.202. The van der Waals surface area contributed by atoms with Gasteiger partial charge in [0.25, 0.3) is 0 Å². The number of hydrogen-bond acceptors (Lipinski definition) is 5. The van der Waals surface area contributed by atoms with E-state index in [1.165, 1.54) is 0 Å². The van der Waals surface area contributed by atoms with E-state index in [1.54, 1.807) is 0 Å². The van der Waals surface area contributed by atoms with Gasteiger partial charge < -0.3 is 9.05 Å². The number of rotatable bonds is 9. The van der Waals surface area contributed by atoms with E-state index in [2.05, 4.69) is 0 Å². The van der Waals surface area contributed by atoms with Crippen LogP contribution in [0.25, 0.3) is 0 Å². The van der Waals surface area contributed by atoms with Crippen molar-refractivity contribution in [1.29, 1.82) is 0 Å². The van der Waals surface area contributed by atoms with Gasteiger partial charge in [-0.15, -0.1) is 0 Å². The smallest absolute Gasteiger partial charge is 0.308 e. The standard InChI is InChI=1S/C21H38NO4P/c1-10-24-27(23,25-11-2)19(20(4,5)6)22(21(7,8)9)26-17(3)18-15-13-12-14-16-18/h12-17,19H,10-11H2,1-9H3. The predicted molar refractivity (Wildman–Crippen MR) is 112 cm³/mol. The second kappa shape index (κ2) is 9.67. The summed E-state index contributed by atoms with van der Waals surface area (Å²) in [5.74, 6) is -0.559. The molecule has 5 nitrogen and oxygen atoms in total. The molecule has 2 atom stereocenters. The van der Waals surface area contributed by atoms with Gasteiger partial charge in [0.05, 0.1) is 13.2 Å². The van der Waals surface area contributed by atoms with Crippen molar-refractivity contribution < 1.29 is 18.5 Å². The van der Waals surface area contributed by atoms with Crippen molar-refractivity contribution >= 4 is 7.60 Å². The Morgan fingerprint density at radius 3 is 1.81 bits per heavy atom. The molecule has 1 rings (SSSR count). The Bertz CT molecular complexity index is 597. The molecule has 0 radical (unpaired) electrons. The van der Waals surface area contributed by atoms with Gasteiger partial charge in [-0.3, -0.25) is 9.40 Å². The van der Waals surface area contributed by atoms with Crippen LogP contribution in [0.5, 0.6) is 0 Å². The molecule has 27 heavy (non-hydrogen) atoms. The third kappa shape index (κ3) is 6.69. The van der Waals surface area contributed by atoms with Crippen LogP contribution in [0.1, 0.15) is 74.0 Å². The SMILES string of the molecule is CCOP(=O)(OCC)C(N(OC(C)c1ccccc1)C(C)(C)C)C(C)(C)C. The van der Waals surface area contributed by atoms with Crippen molar-refractivity contribution in [3.63, 3.8) is 0 Å². The zero-order valence-electron chi connectivity index (χ0n) is 18.5. The lowest BCUT2D eigenvalue weighted by Gasteiger charge is -2.48. The normalized spacial score (nSPS) is 15.8. The first kappa shape index (κ1) is 24.3. The predicted octanol–water partition coefficient (Wildman–Crippen LogP) is 6.42. The lowest BCUT2D eigenvalue weighted by molar-refractivity contribution is -0.264. The molecular weight excluding hydrogens is 361 g/mol. The Kier molecular flexibility index (Phi) is 8.71. The maximum atomic E-state index is 13.8. The maximum Gasteiger partial charge on any atom is 0.350 e. The first-order valence-electron chi connectivity index (χ1n) is 9.76. The van der Waals surface area contributed by atoms with Gasteiger partial charge in [-0.05, 0) is 52.5 Å². The fourth-order valence-corrected chi connectivity index (χ4v) is 5.71. The second-order valence-corrected chi connectivity index (χ2v) is 10.9. The third-order valence-corrected chi connectivity index (χ3v) is 6.94. The molecule has 0 saturated heterocycles. The molecule has 1 aromatic rings. The van der Waals surface area contributed by atoms with Crippen molar-refractivity contribution in [2.45, 2.75) is 79.7 Å². The van der Waals surface area contributed by atoms with E-state index in [1.807, 2.05) is 97.7 Å². The van der Waals surface area contributed by atoms with E-state index in [0.29, 0.717) is 13.2 Å². The highest BCUT2D eigenvalue weighted by Crippen LogP contribution is 2.61. The minimum atomic E-state index is -3.45. The molecule has 0 aromatic heterocycles. The highest BCUT2D eigenvalue weighted by atomic mass is 31.2. The maximum absolute atomic E-state index is 13.8. The molecule has 0 aliphatic rings. The van der Waals surface area contributed by atoms with Crippen molar-refractivity contribution in [1.82, 2.24) is 5.06 Å². The zero-order chi connectivity index (χ0) is 20.9. The third-order valence-electron chi connectivity index (χ3n) is 4.12. The average Bonchev–Trinajstić information content (AvgIpc) is 2.53. The van der Waals surface area contributed by atoms with E-state index in [4.69, 9.17) is 13.9 Å². The first-order valence-corrected chi connectivity index (χ1v) is 11.4. The first-order chi connectivity index (χ1) is 12.4. The highest BCUT2D eigenvalue weighted by molar-refractivity contribution is 7.54. The van der Waals surface area contributed by atoms with Crippen molar-refractivity contribution in [2.24, 2.45) is 5.41 Å². The topological polar surface area (TPSA) is 48.0 Å². The molecule has 0 spiro atoms. The number of benzene rings is 1. The molecular formula is C21H38NO4P. The lowest BCUT2D eigenvalue weighted by Crippen LogP contribution is -2.53. The Balaban J connectivity index is 3.39. The van der Waals surface area contributed by atoms with Crippen LogP contribution in [-0.2, 0) is 18.5 Å². The molecule has 0 saturated carbocycles. The Morgan fingerprint density at radius 2 is 1.44 bits per heavy atom. The van der Waals surface area contributed by atoms with E-state index < -0.39 is 24.3 Å². The van der Waals surface area contributed by atoms with E-state index in [0.717, 1.165) is 5.56 Å². The Hall–Kier alpha value is -0.710. The molecule has 2 unspecified atom stereocenters. The van der Waals surface area contributed by atoms with Crippen LogP contribution in [0, 0.1) is 5.41 Å². The largest absolute Gasteiger partial charge is 0.350 e. The van der Waals surface area contributed by atoms with Crippen LogP contribution in [0.3, 0.4) is 0 Å². The minimum Gasteiger partial charge on any atom is -0.308 e. The van der Waals surface area contributed by atoms with E-state index in [-0.39, 0.29) is 6.10 Å². The van der Waals surface area contributed by atoms with Gasteiger partial charge in [0, 0.05) is 5.54 Å². The van der Waals surface area contributed by atoms with Gasteiger partial charge >= 0.3 is 7.60 Å². The van der Waals surface area contributed by atoms with Gasteiger partial charge in [0.15, 0.2) is 0 Å². The van der Waals surface area contributed by atoms with Crippen LogP contribution in [0.2, 0.25) is 0 Å². The molecule has 6 heteroatoms. The van der Waals surface area contributed by atoms with Crippen molar-refractivity contribution in [2.75, 3.05) is 13.2 Å². The Labute approximate surface area is 165 Å². The number of hydroxylamine groups is 2. The molecule has 0 N–H and O–H groups in total. The number of hydrogen-bond donors (Lipinski definition) is 0. The van der Waals surface area contributed by atoms with Crippen LogP contribution in [-0.4, -0.2) is 29.6 Å². The molecule has 0 aliphatic carbocycles. The summed E-state index contributed by atoms with van der Waals surface area (Å²) in [6.45, 7) is 18.6. The Morgan fingerprint density at radius 1 is 0.963 bits per heavy atom. The van der Waals surface area contributed by atoms with Crippen LogP contribution >= 0.6 is 7.60 Å². The van der Waals surface area contributed by atoms with Crippen molar-refractivity contribution in [3.05, 3.63) is 35.9 Å². The lowest BCUT2D eigenvalue weighted by atomic mass is 9.94. The molecule has 156 valence electrons. The van der Waals surface area contributed by atoms with Crippen LogP contribution < -0.4 is 0 Å². The summed E-state index contributed by atoms with van der Waals surface area (Å²) < 4.78 is 25.3. The van der Waals surface area contributed by atoms with Crippen LogP contribution in [0.15, 0.2) is 30.3 Å². The molecule has 0 aliphatic heterocycles. The van der Waals surface area contributed by atoms with Crippen molar-refractivity contribution in [3.8, 4) is 0 Å². The summed E-state index contributed by atoms with van der Waals surface area (Å²) in [6, 6.07) is 10.0. The van der Waals surface area contributed by atoms with E-state index >= 15 is 0 Å². The van der Waals surface area contributed by atoms with Gasteiger partial charge in [-0.2, -0.15) is 5.06 Å². The summed E-state index contributed by atoms with van der Waals surface area (Å²) in [5, 5.41) is 1.83. The molecule has 0 bridgehead atoms. The molecule has 0 fully saturated rings. The average molecular weight is 400 g/mol. The summed E-state index contributed by atoms with van der Waals surface area (Å²) in [6.07, 6.45) is -0.202. The molecule has 1 aromatic carbocycles. The summed E-state index contributed by atoms with van der Waals surface area (Å²) in [5.41, 5.74) is 0.246. The second-order valence-electron chi connectivity index (χ2n) is 8.77. The quantitative estimate of drug-likeness (QED) is 0.354. The molecule has 0 amide bonds. The summed E-state index contributed by atoms with van der Waals surface area (Å²) >= 11 is 0. The number of nitrogens with zero attached hydrogens (tertiary/aromatic N) is 1. The zero-order valence-corrected chi connectivity index (χ0v) is 19.4. The fraction of sp³-hybridized carbons (Fsp3) is 0.714. The van der Waals surface area contributed by atoms with Gasteiger partial charge in [0.2, 0.25) is 0 Å².